The average Bonchev–Trinajstić information content (AvgIpc) is 2.76. The molecule has 0 aromatic carbocycles. The smallest absolute Gasteiger partial charge is 0.407 e. The molecule has 0 unspecified atom stereocenters. The number of carbonyl (C=O) groups excluding carboxylic acids is 4. The monoisotopic (exact) mass is 514 g/mol. The van der Waals surface area contributed by atoms with Crippen molar-refractivity contribution in [2.24, 2.45) is 11.8 Å². The summed E-state index contributed by atoms with van der Waals surface area (Å²) in [6.45, 7) is 10.9. The number of esters is 2. The van der Waals surface area contributed by atoms with Gasteiger partial charge >= 0.3 is 24.1 Å². The molecule has 0 aromatic rings. The predicted octanol–water partition coefficient (Wildman–Crippen LogP) is 4.49. The molecule has 2 aliphatic rings. The van der Waals surface area contributed by atoms with Crippen LogP contribution in [0.1, 0.15) is 92.9 Å². The van der Waals surface area contributed by atoms with Gasteiger partial charge in [-0.05, 0) is 67.2 Å². The molecule has 208 valence electrons. The summed E-state index contributed by atoms with van der Waals surface area (Å²) in [6, 6.07) is -0.359. The van der Waals surface area contributed by atoms with E-state index in [4.69, 9.17) is 18.9 Å². The van der Waals surface area contributed by atoms with Crippen molar-refractivity contribution >= 4 is 24.1 Å². The SMILES string of the molecule is COC(=O)[C@@H]1CCCC[C@H]1NC(=O)OC(C)(C)C.COC(=O)[C@H]1CCCC[C@@H]1NC(=O)OC(C)(C)C. The maximum absolute atomic E-state index is 11.7. The fourth-order valence-electron chi connectivity index (χ4n) is 4.39. The van der Waals surface area contributed by atoms with Gasteiger partial charge in [-0.15, -0.1) is 0 Å². The second-order valence-corrected chi connectivity index (χ2v) is 11.3. The minimum absolute atomic E-state index is 0.180. The molecule has 36 heavy (non-hydrogen) atoms. The number of alkyl carbamates (subject to hydrolysis) is 2. The van der Waals surface area contributed by atoms with Crippen molar-refractivity contribution in [1.29, 1.82) is 0 Å². The second-order valence-electron chi connectivity index (χ2n) is 11.3. The van der Waals surface area contributed by atoms with Crippen molar-refractivity contribution in [2.75, 3.05) is 14.2 Å². The fraction of sp³-hybridized carbons (Fsp3) is 0.846. The van der Waals surface area contributed by atoms with Gasteiger partial charge in [0.2, 0.25) is 0 Å². The molecule has 0 aromatic heterocycles. The summed E-state index contributed by atoms with van der Waals surface area (Å²) in [7, 11) is 2.75. The summed E-state index contributed by atoms with van der Waals surface area (Å²) >= 11 is 0. The molecule has 0 aliphatic heterocycles. The van der Waals surface area contributed by atoms with E-state index in [1.54, 1.807) is 0 Å². The first-order valence-electron chi connectivity index (χ1n) is 12.8. The number of carbonyl (C=O) groups is 4. The van der Waals surface area contributed by atoms with E-state index < -0.39 is 23.4 Å². The quantitative estimate of drug-likeness (QED) is 0.415. The molecule has 0 saturated heterocycles. The van der Waals surface area contributed by atoms with E-state index in [-0.39, 0.29) is 35.9 Å². The predicted molar refractivity (Wildman–Crippen MR) is 134 cm³/mol. The molecule has 4 atom stereocenters. The highest BCUT2D eigenvalue weighted by Crippen LogP contribution is 2.27. The molecule has 2 amide bonds. The molecular formula is C26H46N2O8. The van der Waals surface area contributed by atoms with Gasteiger partial charge in [0.1, 0.15) is 11.2 Å². The van der Waals surface area contributed by atoms with E-state index in [1.165, 1.54) is 14.2 Å². The first-order chi connectivity index (χ1) is 16.7. The molecule has 2 N–H and O–H groups in total. The van der Waals surface area contributed by atoms with E-state index in [2.05, 4.69) is 10.6 Å². The van der Waals surface area contributed by atoms with Gasteiger partial charge in [-0.3, -0.25) is 9.59 Å². The third kappa shape index (κ3) is 11.9. The van der Waals surface area contributed by atoms with Gasteiger partial charge in [0.05, 0.1) is 26.1 Å². The van der Waals surface area contributed by atoms with Crippen LogP contribution >= 0.6 is 0 Å². The topological polar surface area (TPSA) is 129 Å². The van der Waals surface area contributed by atoms with Crippen LogP contribution in [-0.4, -0.2) is 61.6 Å². The van der Waals surface area contributed by atoms with Crippen molar-refractivity contribution in [3.8, 4) is 0 Å². The van der Waals surface area contributed by atoms with Crippen molar-refractivity contribution in [3.63, 3.8) is 0 Å². The molecule has 0 spiro atoms. The van der Waals surface area contributed by atoms with Crippen LogP contribution in [0.4, 0.5) is 9.59 Å². The van der Waals surface area contributed by atoms with Gasteiger partial charge < -0.3 is 29.6 Å². The molecule has 0 radical (unpaired) electrons. The molecule has 2 rings (SSSR count). The summed E-state index contributed by atoms with van der Waals surface area (Å²) in [5.41, 5.74) is -1.06. The van der Waals surface area contributed by atoms with Crippen LogP contribution in [0.15, 0.2) is 0 Å². The van der Waals surface area contributed by atoms with E-state index in [1.807, 2.05) is 41.5 Å². The van der Waals surface area contributed by atoms with Crippen LogP contribution in [0.2, 0.25) is 0 Å². The minimum Gasteiger partial charge on any atom is -0.469 e. The minimum atomic E-state index is -0.528. The summed E-state index contributed by atoms with van der Waals surface area (Å²) in [5.74, 6) is -1.01. The lowest BCUT2D eigenvalue weighted by atomic mass is 9.84. The number of rotatable bonds is 4. The lowest BCUT2D eigenvalue weighted by molar-refractivity contribution is -0.148. The van der Waals surface area contributed by atoms with Gasteiger partial charge in [0.15, 0.2) is 0 Å². The summed E-state index contributed by atoms with van der Waals surface area (Å²) < 4.78 is 19.9. The number of hydrogen-bond acceptors (Lipinski definition) is 8. The van der Waals surface area contributed by atoms with Gasteiger partial charge in [-0.25, -0.2) is 9.59 Å². The maximum Gasteiger partial charge on any atom is 0.407 e. The lowest BCUT2D eigenvalue weighted by Crippen LogP contribution is -2.47. The largest absolute Gasteiger partial charge is 0.469 e. The zero-order chi connectivity index (χ0) is 27.5. The molecule has 2 fully saturated rings. The van der Waals surface area contributed by atoms with Crippen molar-refractivity contribution in [2.45, 2.75) is 116 Å². The molecule has 0 heterocycles. The van der Waals surface area contributed by atoms with Crippen molar-refractivity contribution in [3.05, 3.63) is 0 Å². The molecule has 0 bridgehead atoms. The molecule has 10 heteroatoms. The fourth-order valence-corrected chi connectivity index (χ4v) is 4.39. The van der Waals surface area contributed by atoms with Gasteiger partial charge in [-0.1, -0.05) is 25.7 Å². The second kappa shape index (κ2) is 14.3. The van der Waals surface area contributed by atoms with Crippen LogP contribution in [0, 0.1) is 11.8 Å². The molecular weight excluding hydrogens is 468 g/mol. The number of methoxy groups -OCH3 is 2. The van der Waals surface area contributed by atoms with E-state index in [0.29, 0.717) is 0 Å². The standard InChI is InChI=1S/2C13H23NO4/c2*1-13(2,3)18-12(16)14-10-8-6-5-7-9(10)11(15)17-4/h2*9-10H,5-8H2,1-4H3,(H,14,16)/t2*9-,10-/m10/s1. The Kier molecular flexibility index (Phi) is 12.5. The van der Waals surface area contributed by atoms with Gasteiger partial charge in [0, 0.05) is 12.1 Å². The number of nitrogens with one attached hydrogen (secondary N) is 2. The highest BCUT2D eigenvalue weighted by Gasteiger charge is 2.35. The van der Waals surface area contributed by atoms with Crippen molar-refractivity contribution < 1.29 is 38.1 Å². The van der Waals surface area contributed by atoms with E-state index in [0.717, 1.165) is 51.4 Å². The number of ether oxygens (including phenoxy) is 4. The Hall–Kier alpha value is -2.52. The molecule has 2 aliphatic carbocycles. The van der Waals surface area contributed by atoms with E-state index >= 15 is 0 Å². The Bertz CT molecular complexity index is 679. The Morgan fingerprint density at radius 1 is 0.583 bits per heavy atom. The average molecular weight is 515 g/mol. The maximum atomic E-state index is 11.7. The van der Waals surface area contributed by atoms with Crippen LogP contribution in [0.5, 0.6) is 0 Å². The normalized spacial score (nSPS) is 24.2. The Labute approximate surface area is 215 Å². The molecule has 10 nitrogen and oxygen atoms in total. The Balaban J connectivity index is 0.000000360. The van der Waals surface area contributed by atoms with Crippen LogP contribution < -0.4 is 10.6 Å². The highest BCUT2D eigenvalue weighted by molar-refractivity contribution is 5.76. The van der Waals surface area contributed by atoms with Gasteiger partial charge in [-0.2, -0.15) is 0 Å². The zero-order valence-corrected chi connectivity index (χ0v) is 23.2. The zero-order valence-electron chi connectivity index (χ0n) is 23.2. The summed E-state index contributed by atoms with van der Waals surface area (Å²) in [4.78, 5) is 46.7. The van der Waals surface area contributed by atoms with Crippen molar-refractivity contribution in [1.82, 2.24) is 10.6 Å². The Morgan fingerprint density at radius 3 is 1.17 bits per heavy atom. The van der Waals surface area contributed by atoms with Gasteiger partial charge in [0.25, 0.3) is 0 Å². The third-order valence-corrected chi connectivity index (χ3v) is 5.94. The van der Waals surface area contributed by atoms with E-state index in [9.17, 15) is 19.2 Å². The summed E-state index contributed by atoms with van der Waals surface area (Å²) in [5, 5.41) is 5.56. The third-order valence-electron chi connectivity index (χ3n) is 5.94. The number of hydrogen-bond donors (Lipinski definition) is 2. The highest BCUT2D eigenvalue weighted by atomic mass is 16.6. The first kappa shape index (κ1) is 31.5. The summed E-state index contributed by atoms with van der Waals surface area (Å²) in [6.07, 6.45) is 6.16. The number of amides is 2. The molecule has 2 saturated carbocycles. The Morgan fingerprint density at radius 2 is 0.889 bits per heavy atom. The first-order valence-corrected chi connectivity index (χ1v) is 12.8. The van der Waals surface area contributed by atoms with Crippen LogP contribution in [0.25, 0.3) is 0 Å². The lowest BCUT2D eigenvalue weighted by Gasteiger charge is -2.31. The van der Waals surface area contributed by atoms with Crippen LogP contribution in [0.3, 0.4) is 0 Å². The van der Waals surface area contributed by atoms with Crippen LogP contribution in [-0.2, 0) is 28.5 Å².